The van der Waals surface area contributed by atoms with Crippen LogP contribution in [0.4, 0.5) is 4.39 Å². The Morgan fingerprint density at radius 2 is 2.04 bits per heavy atom. The lowest BCUT2D eigenvalue weighted by molar-refractivity contribution is 0.317. The Morgan fingerprint density at radius 3 is 2.71 bits per heavy atom. The number of aryl methyl sites for hydroxylation is 2. The van der Waals surface area contributed by atoms with Crippen molar-refractivity contribution in [1.82, 2.24) is 14.5 Å². The zero-order chi connectivity index (χ0) is 17.1. The van der Waals surface area contributed by atoms with Crippen LogP contribution in [0.3, 0.4) is 0 Å². The van der Waals surface area contributed by atoms with E-state index in [1.54, 1.807) is 42.0 Å². The normalized spacial score (nSPS) is 11.5. The van der Waals surface area contributed by atoms with E-state index < -0.39 is 5.82 Å². The molecule has 6 nitrogen and oxygen atoms in total. The van der Waals surface area contributed by atoms with Crippen LogP contribution in [0, 0.1) is 19.7 Å². The SMILES string of the molecule is Cc1cn(/C(=N\O)c2ccc(C)nc2Oc2cccc(F)c2)cn1. The van der Waals surface area contributed by atoms with Gasteiger partial charge in [-0.3, -0.25) is 4.57 Å². The van der Waals surface area contributed by atoms with Gasteiger partial charge in [-0.25, -0.2) is 14.4 Å². The summed E-state index contributed by atoms with van der Waals surface area (Å²) in [5, 5.41) is 12.8. The molecule has 2 aromatic heterocycles. The Labute approximate surface area is 137 Å². The maximum absolute atomic E-state index is 13.4. The van der Waals surface area contributed by atoms with E-state index in [2.05, 4.69) is 15.1 Å². The van der Waals surface area contributed by atoms with Crippen molar-refractivity contribution >= 4 is 5.84 Å². The van der Waals surface area contributed by atoms with E-state index in [1.165, 1.54) is 18.5 Å². The lowest BCUT2D eigenvalue weighted by atomic mass is 10.2. The first-order valence-electron chi connectivity index (χ1n) is 7.21. The minimum atomic E-state index is -0.414. The second kappa shape index (κ2) is 6.49. The smallest absolute Gasteiger partial charge is 0.230 e. The summed E-state index contributed by atoms with van der Waals surface area (Å²) in [6.45, 7) is 3.63. The highest BCUT2D eigenvalue weighted by Gasteiger charge is 2.16. The number of rotatable bonds is 3. The standard InChI is InChI=1S/C17H15FN4O2/c1-11-6-7-15(16(21-23)22-9-12(2)19-10-22)17(20-11)24-14-5-3-4-13(18)8-14/h3-10,23H,1-2H3/b21-16-. The first-order valence-corrected chi connectivity index (χ1v) is 7.21. The Bertz CT molecular complexity index is 905. The molecule has 122 valence electrons. The van der Waals surface area contributed by atoms with Crippen LogP contribution < -0.4 is 4.74 Å². The lowest BCUT2D eigenvalue weighted by Crippen LogP contribution is -2.14. The molecule has 0 aliphatic heterocycles. The number of pyridine rings is 1. The molecule has 0 unspecified atom stereocenters. The monoisotopic (exact) mass is 326 g/mol. The summed E-state index contributed by atoms with van der Waals surface area (Å²) >= 11 is 0. The predicted octanol–water partition coefficient (Wildman–Crippen LogP) is 3.51. The number of aromatic nitrogens is 3. The Kier molecular flexibility index (Phi) is 4.24. The molecule has 0 saturated heterocycles. The number of hydrogen-bond donors (Lipinski definition) is 1. The van der Waals surface area contributed by atoms with Crippen molar-refractivity contribution in [3.8, 4) is 11.6 Å². The molecule has 0 aliphatic rings. The van der Waals surface area contributed by atoms with Crippen molar-refractivity contribution in [3.05, 3.63) is 71.7 Å². The fourth-order valence-corrected chi connectivity index (χ4v) is 2.20. The topological polar surface area (TPSA) is 72.5 Å². The molecule has 1 aromatic carbocycles. The number of hydrogen-bond acceptors (Lipinski definition) is 5. The molecule has 0 spiro atoms. The number of imidazole rings is 1. The zero-order valence-electron chi connectivity index (χ0n) is 13.1. The summed E-state index contributed by atoms with van der Waals surface area (Å²) in [7, 11) is 0. The quantitative estimate of drug-likeness (QED) is 0.346. The average Bonchev–Trinajstić information content (AvgIpc) is 2.96. The second-order valence-corrected chi connectivity index (χ2v) is 5.21. The maximum Gasteiger partial charge on any atom is 0.230 e. The summed E-state index contributed by atoms with van der Waals surface area (Å²) in [4.78, 5) is 8.44. The van der Waals surface area contributed by atoms with Crippen molar-refractivity contribution in [1.29, 1.82) is 0 Å². The third-order valence-corrected chi connectivity index (χ3v) is 3.30. The van der Waals surface area contributed by atoms with Crippen LogP contribution in [0.15, 0.2) is 54.1 Å². The van der Waals surface area contributed by atoms with Gasteiger partial charge in [0.15, 0.2) is 5.84 Å². The first-order chi connectivity index (χ1) is 11.6. The second-order valence-electron chi connectivity index (χ2n) is 5.21. The average molecular weight is 326 g/mol. The van der Waals surface area contributed by atoms with Crippen LogP contribution in [0.5, 0.6) is 11.6 Å². The van der Waals surface area contributed by atoms with Crippen LogP contribution in [0.25, 0.3) is 0 Å². The Morgan fingerprint density at radius 1 is 1.21 bits per heavy atom. The van der Waals surface area contributed by atoms with Crippen LogP contribution in [-0.4, -0.2) is 25.6 Å². The van der Waals surface area contributed by atoms with Crippen molar-refractivity contribution < 1.29 is 14.3 Å². The molecular formula is C17H15FN4O2. The molecule has 0 bridgehead atoms. The zero-order valence-corrected chi connectivity index (χ0v) is 13.1. The van der Waals surface area contributed by atoms with E-state index >= 15 is 0 Å². The van der Waals surface area contributed by atoms with Gasteiger partial charge in [-0.15, -0.1) is 0 Å². The van der Waals surface area contributed by atoms with E-state index in [4.69, 9.17) is 4.74 Å². The van der Waals surface area contributed by atoms with Gasteiger partial charge in [0.2, 0.25) is 5.88 Å². The largest absolute Gasteiger partial charge is 0.438 e. The summed E-state index contributed by atoms with van der Waals surface area (Å²) in [5.74, 6) is 0.297. The molecular weight excluding hydrogens is 311 g/mol. The number of halogens is 1. The molecule has 1 N–H and O–H groups in total. The van der Waals surface area contributed by atoms with Crippen molar-refractivity contribution in [3.63, 3.8) is 0 Å². The molecule has 0 saturated carbocycles. The summed E-state index contributed by atoms with van der Waals surface area (Å²) in [6.07, 6.45) is 3.23. The van der Waals surface area contributed by atoms with Gasteiger partial charge in [-0.2, -0.15) is 0 Å². The molecule has 7 heteroatoms. The van der Waals surface area contributed by atoms with Gasteiger partial charge < -0.3 is 9.94 Å². The molecule has 0 fully saturated rings. The fourth-order valence-electron chi connectivity index (χ4n) is 2.20. The van der Waals surface area contributed by atoms with Gasteiger partial charge in [-0.05, 0) is 38.1 Å². The Hall–Kier alpha value is -3.22. The highest BCUT2D eigenvalue weighted by Crippen LogP contribution is 2.25. The minimum Gasteiger partial charge on any atom is -0.438 e. The third-order valence-electron chi connectivity index (χ3n) is 3.30. The molecule has 3 aromatic rings. The first kappa shape index (κ1) is 15.7. The molecule has 0 aliphatic carbocycles. The van der Waals surface area contributed by atoms with Crippen molar-refractivity contribution in [2.45, 2.75) is 13.8 Å². The molecule has 0 radical (unpaired) electrons. The highest BCUT2D eigenvalue weighted by molar-refractivity contribution is 6.01. The van der Waals surface area contributed by atoms with E-state index in [0.29, 0.717) is 17.0 Å². The Balaban J connectivity index is 2.05. The summed E-state index contributed by atoms with van der Waals surface area (Å²) < 4.78 is 20.6. The molecule has 2 heterocycles. The fraction of sp³-hybridized carbons (Fsp3) is 0.118. The van der Waals surface area contributed by atoms with Gasteiger partial charge in [0.05, 0.1) is 11.3 Å². The highest BCUT2D eigenvalue weighted by atomic mass is 19.1. The predicted molar refractivity (Wildman–Crippen MR) is 86.1 cm³/mol. The molecule has 24 heavy (non-hydrogen) atoms. The number of benzene rings is 1. The van der Waals surface area contributed by atoms with Gasteiger partial charge in [0.1, 0.15) is 17.9 Å². The van der Waals surface area contributed by atoms with E-state index in [9.17, 15) is 9.60 Å². The number of ether oxygens (including phenoxy) is 1. The number of nitrogens with zero attached hydrogens (tertiary/aromatic N) is 4. The summed E-state index contributed by atoms with van der Waals surface area (Å²) in [5.41, 5.74) is 1.93. The van der Waals surface area contributed by atoms with Crippen LogP contribution in [0.1, 0.15) is 17.0 Å². The van der Waals surface area contributed by atoms with Crippen LogP contribution >= 0.6 is 0 Å². The van der Waals surface area contributed by atoms with Gasteiger partial charge in [0.25, 0.3) is 0 Å². The van der Waals surface area contributed by atoms with Gasteiger partial charge in [-0.1, -0.05) is 11.2 Å². The van der Waals surface area contributed by atoms with Gasteiger partial charge >= 0.3 is 0 Å². The summed E-state index contributed by atoms with van der Waals surface area (Å²) in [6, 6.07) is 9.23. The van der Waals surface area contributed by atoms with Crippen molar-refractivity contribution in [2.75, 3.05) is 0 Å². The van der Waals surface area contributed by atoms with Crippen LogP contribution in [0.2, 0.25) is 0 Å². The van der Waals surface area contributed by atoms with Crippen molar-refractivity contribution in [2.24, 2.45) is 5.16 Å². The van der Waals surface area contributed by atoms with Crippen LogP contribution in [-0.2, 0) is 0 Å². The number of oxime groups is 1. The third kappa shape index (κ3) is 3.24. The molecule has 0 amide bonds. The van der Waals surface area contributed by atoms with E-state index in [-0.39, 0.29) is 11.7 Å². The lowest BCUT2D eigenvalue weighted by Gasteiger charge is -2.12. The molecule has 3 rings (SSSR count). The maximum atomic E-state index is 13.4. The minimum absolute atomic E-state index is 0.203. The van der Waals surface area contributed by atoms with E-state index in [0.717, 1.165) is 5.69 Å². The molecule has 0 atom stereocenters. The van der Waals surface area contributed by atoms with E-state index in [1.807, 2.05) is 6.92 Å². The van der Waals surface area contributed by atoms with Gasteiger partial charge in [0, 0.05) is 18.0 Å².